The fourth-order valence-electron chi connectivity index (χ4n) is 4.19. The normalized spacial score (nSPS) is 20.0. The first-order chi connectivity index (χ1) is 16.2. The minimum atomic E-state index is -0.802. The molecule has 5 atom stereocenters. The average molecular weight is 488 g/mol. The van der Waals surface area contributed by atoms with Crippen molar-refractivity contribution in [1.29, 1.82) is 0 Å². The SMILES string of the molecule is CCC(C)C(NC(=O)OC(C)(C)C)C(=O)N(C(C(=O)NC(C)C)c1ccc(C)c(C)c1)C1CC1C. The monoisotopic (exact) mass is 487 g/mol. The molecular formula is C28H45N3O4. The highest BCUT2D eigenvalue weighted by atomic mass is 16.6. The molecule has 1 aromatic rings. The van der Waals surface area contributed by atoms with Crippen molar-refractivity contribution in [2.45, 2.75) is 112 Å². The largest absolute Gasteiger partial charge is 0.444 e. The molecule has 2 rings (SSSR count). The second kappa shape index (κ2) is 11.4. The van der Waals surface area contributed by atoms with Crippen LogP contribution in [0.2, 0.25) is 0 Å². The molecule has 7 nitrogen and oxygen atoms in total. The molecule has 1 saturated carbocycles. The number of carbonyl (C=O) groups is 3. The van der Waals surface area contributed by atoms with Crippen LogP contribution in [0.25, 0.3) is 0 Å². The fourth-order valence-corrected chi connectivity index (χ4v) is 4.19. The quantitative estimate of drug-likeness (QED) is 0.510. The van der Waals surface area contributed by atoms with Gasteiger partial charge >= 0.3 is 6.09 Å². The molecule has 5 unspecified atom stereocenters. The van der Waals surface area contributed by atoms with Gasteiger partial charge < -0.3 is 20.3 Å². The number of rotatable bonds is 9. The number of aryl methyl sites for hydroxylation is 2. The molecule has 1 fully saturated rings. The van der Waals surface area contributed by atoms with Crippen LogP contribution in [0.4, 0.5) is 4.79 Å². The van der Waals surface area contributed by atoms with E-state index >= 15 is 0 Å². The molecule has 2 N–H and O–H groups in total. The van der Waals surface area contributed by atoms with Gasteiger partial charge in [0.15, 0.2) is 0 Å². The number of ether oxygens (including phenoxy) is 1. The lowest BCUT2D eigenvalue weighted by Gasteiger charge is -2.37. The van der Waals surface area contributed by atoms with Gasteiger partial charge in [0.1, 0.15) is 17.7 Å². The van der Waals surface area contributed by atoms with Gasteiger partial charge in [-0.05, 0) is 83.4 Å². The topological polar surface area (TPSA) is 87.7 Å². The third kappa shape index (κ3) is 7.71. The molecule has 0 saturated heterocycles. The van der Waals surface area contributed by atoms with Crippen molar-refractivity contribution in [2.75, 3.05) is 0 Å². The van der Waals surface area contributed by atoms with Gasteiger partial charge in [-0.1, -0.05) is 45.4 Å². The second-order valence-electron chi connectivity index (χ2n) is 11.4. The third-order valence-electron chi connectivity index (χ3n) is 6.63. The molecule has 0 spiro atoms. The Hall–Kier alpha value is -2.57. The van der Waals surface area contributed by atoms with Gasteiger partial charge in [0, 0.05) is 12.1 Å². The summed E-state index contributed by atoms with van der Waals surface area (Å²) in [6, 6.07) is 4.18. The Balaban J connectivity index is 2.54. The highest BCUT2D eigenvalue weighted by Crippen LogP contribution is 2.41. The zero-order valence-electron chi connectivity index (χ0n) is 23.2. The summed E-state index contributed by atoms with van der Waals surface area (Å²) in [4.78, 5) is 42.2. The van der Waals surface area contributed by atoms with Gasteiger partial charge in [0.05, 0.1) is 0 Å². The Morgan fingerprint density at radius 3 is 2.14 bits per heavy atom. The molecule has 0 aromatic heterocycles. The number of hydrogen-bond acceptors (Lipinski definition) is 4. The number of amides is 3. The van der Waals surface area contributed by atoms with Crippen molar-refractivity contribution in [3.8, 4) is 0 Å². The highest BCUT2D eigenvalue weighted by molar-refractivity contribution is 5.93. The van der Waals surface area contributed by atoms with Crippen molar-refractivity contribution in [3.63, 3.8) is 0 Å². The van der Waals surface area contributed by atoms with E-state index in [-0.39, 0.29) is 35.7 Å². The van der Waals surface area contributed by atoms with Crippen LogP contribution in [-0.2, 0) is 14.3 Å². The first-order valence-corrected chi connectivity index (χ1v) is 12.8. The van der Waals surface area contributed by atoms with Gasteiger partial charge in [-0.3, -0.25) is 9.59 Å². The van der Waals surface area contributed by atoms with E-state index in [4.69, 9.17) is 4.74 Å². The molecule has 0 aliphatic heterocycles. The summed E-state index contributed by atoms with van der Waals surface area (Å²) in [5.41, 5.74) is 2.28. The Kier molecular flexibility index (Phi) is 9.37. The van der Waals surface area contributed by atoms with Crippen LogP contribution in [0.1, 0.15) is 91.0 Å². The summed E-state index contributed by atoms with van der Waals surface area (Å²) in [5, 5.41) is 5.84. The van der Waals surface area contributed by atoms with Crippen molar-refractivity contribution in [2.24, 2.45) is 11.8 Å². The number of carbonyl (C=O) groups excluding carboxylic acids is 3. The smallest absolute Gasteiger partial charge is 0.408 e. The van der Waals surface area contributed by atoms with Gasteiger partial charge in [-0.2, -0.15) is 0 Å². The molecule has 3 amide bonds. The van der Waals surface area contributed by atoms with E-state index in [0.717, 1.165) is 23.1 Å². The van der Waals surface area contributed by atoms with E-state index < -0.39 is 23.8 Å². The van der Waals surface area contributed by atoms with Gasteiger partial charge in [-0.25, -0.2) is 4.79 Å². The summed E-state index contributed by atoms with van der Waals surface area (Å²) in [5.74, 6) is -0.323. The first kappa shape index (κ1) is 28.7. The van der Waals surface area contributed by atoms with E-state index in [1.54, 1.807) is 25.7 Å². The van der Waals surface area contributed by atoms with E-state index in [1.165, 1.54) is 0 Å². The van der Waals surface area contributed by atoms with Crippen LogP contribution in [0.3, 0.4) is 0 Å². The lowest BCUT2D eigenvalue weighted by Crippen LogP contribution is -2.56. The summed E-state index contributed by atoms with van der Waals surface area (Å²) < 4.78 is 5.46. The third-order valence-corrected chi connectivity index (χ3v) is 6.63. The van der Waals surface area contributed by atoms with Crippen molar-refractivity contribution in [1.82, 2.24) is 15.5 Å². The van der Waals surface area contributed by atoms with E-state index in [0.29, 0.717) is 6.42 Å². The molecule has 1 aromatic carbocycles. The maximum atomic E-state index is 14.2. The number of nitrogens with one attached hydrogen (secondary N) is 2. The Bertz CT molecular complexity index is 921. The predicted octanol–water partition coefficient (Wildman–Crippen LogP) is 5.05. The average Bonchev–Trinajstić information content (AvgIpc) is 3.45. The van der Waals surface area contributed by atoms with E-state index in [9.17, 15) is 14.4 Å². The number of hydrogen-bond donors (Lipinski definition) is 2. The Morgan fingerprint density at radius 1 is 1.09 bits per heavy atom. The molecule has 35 heavy (non-hydrogen) atoms. The minimum Gasteiger partial charge on any atom is -0.444 e. The molecule has 7 heteroatoms. The fraction of sp³-hybridized carbons (Fsp3) is 0.679. The Labute approximate surface area is 211 Å². The van der Waals surface area contributed by atoms with Crippen LogP contribution >= 0.6 is 0 Å². The summed E-state index contributed by atoms with van der Waals surface area (Å²) >= 11 is 0. The first-order valence-electron chi connectivity index (χ1n) is 12.8. The minimum absolute atomic E-state index is 0.0704. The van der Waals surface area contributed by atoms with E-state index in [1.807, 2.05) is 59.7 Å². The van der Waals surface area contributed by atoms with Crippen LogP contribution in [-0.4, -0.2) is 46.5 Å². The summed E-state index contributed by atoms with van der Waals surface area (Å²) in [6.45, 7) is 19.2. The Morgan fingerprint density at radius 2 is 1.69 bits per heavy atom. The number of benzene rings is 1. The molecule has 0 heterocycles. The maximum absolute atomic E-state index is 14.2. The standard InChI is InChI=1S/C28H45N3O4/c1-11-17(4)23(30-27(34)35-28(8,9)10)26(33)31(22-15-20(22)7)24(25(32)29-16(2)3)21-13-12-18(5)19(6)14-21/h12-14,16-17,20,22-24H,11,15H2,1-10H3,(H,29,32)(H,30,34). The molecule has 1 aliphatic rings. The summed E-state index contributed by atoms with van der Waals surface area (Å²) in [7, 11) is 0. The molecule has 196 valence electrons. The van der Waals surface area contributed by atoms with Gasteiger partial charge in [0.25, 0.3) is 0 Å². The van der Waals surface area contributed by atoms with Crippen molar-refractivity contribution >= 4 is 17.9 Å². The number of nitrogens with zero attached hydrogens (tertiary/aromatic N) is 1. The van der Waals surface area contributed by atoms with Crippen molar-refractivity contribution in [3.05, 3.63) is 34.9 Å². The van der Waals surface area contributed by atoms with Gasteiger partial charge in [0.2, 0.25) is 11.8 Å². The van der Waals surface area contributed by atoms with Crippen molar-refractivity contribution < 1.29 is 19.1 Å². The molecule has 0 radical (unpaired) electrons. The second-order valence-corrected chi connectivity index (χ2v) is 11.4. The maximum Gasteiger partial charge on any atom is 0.408 e. The van der Waals surface area contributed by atoms with Crippen LogP contribution in [0, 0.1) is 25.7 Å². The summed E-state index contributed by atoms with van der Waals surface area (Å²) in [6.07, 6.45) is 0.878. The zero-order chi connectivity index (χ0) is 26.7. The number of alkyl carbamates (subject to hydrolysis) is 1. The molecule has 0 bridgehead atoms. The lowest BCUT2D eigenvalue weighted by molar-refractivity contribution is -0.144. The highest BCUT2D eigenvalue weighted by Gasteiger charge is 2.49. The molecule has 1 aliphatic carbocycles. The zero-order valence-corrected chi connectivity index (χ0v) is 23.2. The van der Waals surface area contributed by atoms with Crippen LogP contribution < -0.4 is 10.6 Å². The van der Waals surface area contributed by atoms with Gasteiger partial charge in [-0.15, -0.1) is 0 Å². The van der Waals surface area contributed by atoms with Crippen LogP contribution in [0.5, 0.6) is 0 Å². The van der Waals surface area contributed by atoms with E-state index in [2.05, 4.69) is 17.6 Å². The predicted molar refractivity (Wildman–Crippen MR) is 139 cm³/mol. The molecular weight excluding hydrogens is 442 g/mol. The lowest BCUT2D eigenvalue weighted by atomic mass is 9.94. The van der Waals surface area contributed by atoms with Crippen LogP contribution in [0.15, 0.2) is 18.2 Å².